The Morgan fingerprint density at radius 1 is 1.42 bits per heavy atom. The number of rotatable bonds is 5. The lowest BCUT2D eigenvalue weighted by Crippen LogP contribution is -2.22. The molecule has 0 unspecified atom stereocenters. The quantitative estimate of drug-likeness (QED) is 0.904. The molecule has 1 aromatic carbocycles. The van der Waals surface area contributed by atoms with Gasteiger partial charge in [-0.05, 0) is 30.8 Å². The topological polar surface area (TPSA) is 38.1 Å². The summed E-state index contributed by atoms with van der Waals surface area (Å²) in [5.74, 6) is -0.207. The van der Waals surface area contributed by atoms with Gasteiger partial charge >= 0.3 is 0 Å². The van der Waals surface area contributed by atoms with Crippen LogP contribution in [0.4, 0.5) is 4.39 Å². The minimum atomic E-state index is -0.207. The molecule has 0 radical (unpaired) electrons. The van der Waals surface area contributed by atoms with E-state index in [1.807, 2.05) is 26.8 Å². The van der Waals surface area contributed by atoms with Gasteiger partial charge in [0.2, 0.25) is 0 Å². The fourth-order valence-electron chi connectivity index (χ4n) is 1.59. The molecule has 0 bridgehead atoms. The normalized spacial score (nSPS) is 11.2. The molecule has 0 atom stereocenters. The van der Waals surface area contributed by atoms with Gasteiger partial charge in [0, 0.05) is 23.0 Å². The summed E-state index contributed by atoms with van der Waals surface area (Å²) >= 11 is 1.34. The first-order chi connectivity index (χ1) is 9.06. The number of benzene rings is 1. The summed E-state index contributed by atoms with van der Waals surface area (Å²) in [4.78, 5) is 5.05. The molecule has 0 saturated carbocycles. The van der Waals surface area contributed by atoms with Crippen molar-refractivity contribution in [2.24, 2.45) is 0 Å². The number of hydrogen-bond donors (Lipinski definition) is 1. The van der Waals surface area contributed by atoms with E-state index in [-0.39, 0.29) is 5.82 Å². The Morgan fingerprint density at radius 3 is 2.84 bits per heavy atom. The summed E-state index contributed by atoms with van der Waals surface area (Å²) < 4.78 is 19.2. The molecule has 1 aromatic heterocycles. The first-order valence-corrected chi connectivity index (χ1v) is 6.98. The average molecular weight is 280 g/mol. The maximum atomic E-state index is 13.9. The van der Waals surface area contributed by atoms with Crippen molar-refractivity contribution in [3.05, 3.63) is 41.5 Å². The lowest BCUT2D eigenvalue weighted by molar-refractivity contribution is 0.453. The summed E-state index contributed by atoms with van der Waals surface area (Å²) in [6, 6.07) is 5.36. The molecule has 1 heterocycles. The molecular weight excluding hydrogens is 263 g/mol. The zero-order valence-corrected chi connectivity index (χ0v) is 12.1. The molecule has 0 aliphatic rings. The summed E-state index contributed by atoms with van der Waals surface area (Å²) in [5, 5.41) is 3.77. The van der Waals surface area contributed by atoms with Gasteiger partial charge in [0.25, 0.3) is 5.22 Å². The van der Waals surface area contributed by atoms with Crippen LogP contribution in [0.5, 0.6) is 0 Å². The Bertz CT molecular complexity index is 554. The average Bonchev–Trinajstić information content (AvgIpc) is 2.74. The molecule has 0 aliphatic heterocycles. The van der Waals surface area contributed by atoms with Crippen LogP contribution in [0.15, 0.2) is 39.0 Å². The number of hydrogen-bond acceptors (Lipinski definition) is 4. The third-order valence-electron chi connectivity index (χ3n) is 2.56. The van der Waals surface area contributed by atoms with Crippen molar-refractivity contribution >= 4 is 11.8 Å². The zero-order chi connectivity index (χ0) is 13.8. The number of aryl methyl sites for hydroxylation is 1. The Labute approximate surface area is 116 Å². The molecule has 0 amide bonds. The molecule has 0 aliphatic carbocycles. The molecule has 2 rings (SSSR count). The van der Waals surface area contributed by atoms with E-state index >= 15 is 0 Å². The number of nitrogens with zero attached hydrogens (tertiary/aromatic N) is 1. The number of oxazole rings is 1. The Kier molecular flexibility index (Phi) is 4.61. The molecule has 2 aromatic rings. The Hall–Kier alpha value is -1.33. The summed E-state index contributed by atoms with van der Waals surface area (Å²) in [6.45, 7) is 6.42. The van der Waals surface area contributed by atoms with E-state index in [1.54, 1.807) is 12.3 Å². The van der Waals surface area contributed by atoms with Crippen molar-refractivity contribution in [2.45, 2.75) is 43.5 Å². The van der Waals surface area contributed by atoms with E-state index < -0.39 is 0 Å². The van der Waals surface area contributed by atoms with Gasteiger partial charge in [-0.2, -0.15) is 0 Å². The minimum Gasteiger partial charge on any atom is -0.439 e. The van der Waals surface area contributed by atoms with Gasteiger partial charge in [-0.1, -0.05) is 19.9 Å². The van der Waals surface area contributed by atoms with Gasteiger partial charge in [-0.25, -0.2) is 9.37 Å². The molecule has 0 fully saturated rings. The van der Waals surface area contributed by atoms with Crippen LogP contribution in [-0.2, 0) is 6.54 Å². The maximum Gasteiger partial charge on any atom is 0.260 e. The third kappa shape index (κ3) is 3.81. The van der Waals surface area contributed by atoms with E-state index in [2.05, 4.69) is 10.3 Å². The lowest BCUT2D eigenvalue weighted by atomic mass is 10.2. The van der Waals surface area contributed by atoms with Gasteiger partial charge < -0.3 is 9.73 Å². The summed E-state index contributed by atoms with van der Waals surface area (Å²) in [7, 11) is 0. The van der Waals surface area contributed by atoms with E-state index in [0.29, 0.717) is 23.4 Å². The van der Waals surface area contributed by atoms with E-state index in [9.17, 15) is 4.39 Å². The predicted molar refractivity (Wildman–Crippen MR) is 73.7 cm³/mol. The van der Waals surface area contributed by atoms with Crippen LogP contribution in [-0.4, -0.2) is 11.0 Å². The number of aromatic nitrogens is 1. The van der Waals surface area contributed by atoms with Crippen molar-refractivity contribution in [1.82, 2.24) is 10.3 Å². The maximum absolute atomic E-state index is 13.9. The fraction of sp³-hybridized carbons (Fsp3) is 0.357. The summed E-state index contributed by atoms with van der Waals surface area (Å²) in [5.41, 5.74) is 1.47. The minimum absolute atomic E-state index is 0.207. The number of halogens is 1. The third-order valence-corrected chi connectivity index (χ3v) is 3.52. The van der Waals surface area contributed by atoms with Crippen LogP contribution in [0, 0.1) is 12.7 Å². The highest BCUT2D eigenvalue weighted by Gasteiger charge is 2.12. The van der Waals surface area contributed by atoms with Crippen molar-refractivity contribution in [3.63, 3.8) is 0 Å². The highest BCUT2D eigenvalue weighted by Crippen LogP contribution is 2.31. The van der Waals surface area contributed by atoms with Crippen molar-refractivity contribution in [3.8, 4) is 0 Å². The zero-order valence-electron chi connectivity index (χ0n) is 11.2. The van der Waals surface area contributed by atoms with Crippen molar-refractivity contribution in [2.75, 3.05) is 0 Å². The molecule has 3 nitrogen and oxygen atoms in total. The summed E-state index contributed by atoms with van der Waals surface area (Å²) in [6.07, 6.45) is 1.59. The van der Waals surface area contributed by atoms with E-state index in [1.165, 1.54) is 17.8 Å². The molecule has 0 saturated heterocycles. The molecular formula is C14H17FN2OS. The van der Waals surface area contributed by atoms with E-state index in [0.717, 1.165) is 10.6 Å². The standard InChI is InChI=1S/C14H17FN2OS/c1-9(2)16-7-11-12(15)5-4-6-13(11)19-14-17-10(3)8-18-14/h4-6,8-9,16H,7H2,1-3H3. The number of nitrogens with one attached hydrogen (secondary N) is 1. The monoisotopic (exact) mass is 280 g/mol. The second-order valence-electron chi connectivity index (χ2n) is 4.61. The molecule has 102 valence electrons. The smallest absolute Gasteiger partial charge is 0.260 e. The molecule has 19 heavy (non-hydrogen) atoms. The van der Waals surface area contributed by atoms with Crippen LogP contribution in [0.3, 0.4) is 0 Å². The highest BCUT2D eigenvalue weighted by molar-refractivity contribution is 7.99. The second-order valence-corrected chi connectivity index (χ2v) is 5.60. The van der Waals surface area contributed by atoms with Crippen LogP contribution < -0.4 is 5.32 Å². The largest absolute Gasteiger partial charge is 0.439 e. The van der Waals surface area contributed by atoms with Gasteiger partial charge in [0.1, 0.15) is 12.1 Å². The van der Waals surface area contributed by atoms with Crippen LogP contribution in [0.1, 0.15) is 25.1 Å². The first-order valence-electron chi connectivity index (χ1n) is 6.17. The predicted octanol–water partition coefficient (Wildman–Crippen LogP) is 3.77. The van der Waals surface area contributed by atoms with Gasteiger partial charge in [-0.15, -0.1) is 0 Å². The highest BCUT2D eigenvalue weighted by atomic mass is 32.2. The van der Waals surface area contributed by atoms with Gasteiger partial charge in [0.05, 0.1) is 5.69 Å². The van der Waals surface area contributed by atoms with Crippen molar-refractivity contribution in [1.29, 1.82) is 0 Å². The molecule has 5 heteroatoms. The Morgan fingerprint density at radius 2 is 2.21 bits per heavy atom. The molecule has 0 spiro atoms. The SMILES string of the molecule is Cc1coc(Sc2cccc(F)c2CNC(C)C)n1. The van der Waals surface area contributed by atoms with Crippen molar-refractivity contribution < 1.29 is 8.81 Å². The lowest BCUT2D eigenvalue weighted by Gasteiger charge is -2.12. The first kappa shape index (κ1) is 14.1. The van der Waals surface area contributed by atoms with E-state index in [4.69, 9.17) is 4.42 Å². The van der Waals surface area contributed by atoms with Crippen LogP contribution in [0.25, 0.3) is 0 Å². The Balaban J connectivity index is 2.21. The second kappa shape index (κ2) is 6.21. The molecule has 1 N–H and O–H groups in total. The van der Waals surface area contributed by atoms with Gasteiger partial charge in [-0.3, -0.25) is 0 Å². The van der Waals surface area contributed by atoms with Gasteiger partial charge in [0.15, 0.2) is 0 Å². The van der Waals surface area contributed by atoms with Crippen LogP contribution >= 0.6 is 11.8 Å². The van der Waals surface area contributed by atoms with Crippen LogP contribution in [0.2, 0.25) is 0 Å². The fourth-order valence-corrected chi connectivity index (χ4v) is 2.50.